The number of thioether (sulfide) groups is 1. The number of hydrogen-bond acceptors (Lipinski definition) is 4. The Kier molecular flexibility index (Phi) is 6.52. The largest absolute Gasteiger partial charge is 0.495 e. The number of methoxy groups -OCH3 is 1. The van der Waals surface area contributed by atoms with Crippen LogP contribution in [0.25, 0.3) is 6.08 Å². The summed E-state index contributed by atoms with van der Waals surface area (Å²) in [6.07, 6.45) is 1.86. The molecule has 2 aromatic rings. The van der Waals surface area contributed by atoms with E-state index in [1.807, 2.05) is 43.3 Å². The first-order chi connectivity index (χ1) is 12.4. The van der Waals surface area contributed by atoms with Gasteiger partial charge in [-0.15, -0.1) is 0 Å². The van der Waals surface area contributed by atoms with Gasteiger partial charge >= 0.3 is 0 Å². The zero-order chi connectivity index (χ0) is 18.8. The van der Waals surface area contributed by atoms with Crippen LogP contribution in [-0.4, -0.2) is 18.2 Å². The molecule has 0 spiro atoms. The number of amides is 1. The summed E-state index contributed by atoms with van der Waals surface area (Å²) in [6.45, 7) is 1.90. The molecule has 0 atom stereocenters. The molecule has 1 fully saturated rings. The predicted octanol–water partition coefficient (Wildman–Crippen LogP) is 5.76. The number of rotatable bonds is 3. The van der Waals surface area contributed by atoms with Crippen LogP contribution >= 0.6 is 68.5 Å². The third-order valence-electron chi connectivity index (χ3n) is 3.63. The van der Waals surface area contributed by atoms with Crippen molar-refractivity contribution < 1.29 is 9.53 Å². The van der Waals surface area contributed by atoms with Crippen molar-refractivity contribution in [1.29, 1.82) is 0 Å². The van der Waals surface area contributed by atoms with Gasteiger partial charge in [0.25, 0.3) is 5.91 Å². The fourth-order valence-corrected chi connectivity index (χ4v) is 5.58. The van der Waals surface area contributed by atoms with E-state index in [1.165, 1.54) is 11.8 Å². The molecular formula is C18H13ClI2N2O2S. The lowest BCUT2D eigenvalue weighted by molar-refractivity contribution is -0.115. The van der Waals surface area contributed by atoms with Gasteiger partial charge in [0.15, 0.2) is 5.17 Å². The molecule has 0 unspecified atom stereocenters. The second kappa shape index (κ2) is 8.49. The van der Waals surface area contributed by atoms with Gasteiger partial charge < -0.3 is 10.1 Å². The molecule has 4 nitrogen and oxygen atoms in total. The molecule has 0 bridgehead atoms. The summed E-state index contributed by atoms with van der Waals surface area (Å²) >= 11 is 11.9. The normalized spacial score (nSPS) is 17.0. The van der Waals surface area contributed by atoms with E-state index in [4.69, 9.17) is 16.3 Å². The molecule has 1 amide bonds. The fourth-order valence-electron chi connectivity index (χ4n) is 2.32. The number of nitrogens with one attached hydrogen (secondary N) is 1. The van der Waals surface area contributed by atoms with Crippen molar-refractivity contribution in [2.75, 3.05) is 7.11 Å². The zero-order valence-corrected chi connectivity index (χ0v) is 19.7. The fraction of sp³-hybridized carbons (Fsp3) is 0.111. The summed E-state index contributed by atoms with van der Waals surface area (Å²) in [6, 6.07) is 9.50. The predicted molar refractivity (Wildman–Crippen MR) is 125 cm³/mol. The number of nitrogens with zero attached hydrogens (tertiary/aromatic N) is 1. The Bertz CT molecular complexity index is 937. The van der Waals surface area contributed by atoms with Gasteiger partial charge in [-0.25, -0.2) is 4.99 Å². The number of carbonyl (C=O) groups excluding carboxylic acids is 1. The van der Waals surface area contributed by atoms with E-state index in [0.717, 1.165) is 29.7 Å². The van der Waals surface area contributed by atoms with E-state index in [2.05, 4.69) is 55.5 Å². The average molecular weight is 611 g/mol. The van der Waals surface area contributed by atoms with E-state index in [9.17, 15) is 4.79 Å². The second-order valence-corrected chi connectivity index (χ2v) is 9.15. The van der Waals surface area contributed by atoms with Crippen molar-refractivity contribution in [3.8, 4) is 5.75 Å². The molecule has 0 saturated carbocycles. The van der Waals surface area contributed by atoms with Crippen LogP contribution < -0.4 is 10.1 Å². The number of amidine groups is 1. The van der Waals surface area contributed by atoms with Crippen LogP contribution in [0.1, 0.15) is 11.1 Å². The maximum atomic E-state index is 12.3. The SMILES string of the molecule is COc1c(I)cc(/C=C2\SC(=Nc3cccc(Cl)c3C)NC2=O)cc1I. The van der Waals surface area contributed by atoms with Crippen molar-refractivity contribution in [1.82, 2.24) is 5.32 Å². The van der Waals surface area contributed by atoms with Crippen molar-refractivity contribution in [3.63, 3.8) is 0 Å². The third-order valence-corrected chi connectivity index (χ3v) is 6.56. The summed E-state index contributed by atoms with van der Waals surface area (Å²) in [5, 5.41) is 4.00. The number of carbonyl (C=O) groups is 1. The second-order valence-electron chi connectivity index (χ2n) is 5.38. The summed E-state index contributed by atoms with van der Waals surface area (Å²) in [7, 11) is 1.65. The highest BCUT2D eigenvalue weighted by atomic mass is 127. The molecular weight excluding hydrogens is 598 g/mol. The van der Waals surface area contributed by atoms with E-state index >= 15 is 0 Å². The molecule has 8 heteroatoms. The minimum absolute atomic E-state index is 0.158. The molecule has 0 radical (unpaired) electrons. The maximum absolute atomic E-state index is 12.3. The van der Waals surface area contributed by atoms with Crippen LogP contribution in [0.3, 0.4) is 0 Å². The van der Waals surface area contributed by atoms with E-state index in [1.54, 1.807) is 7.11 Å². The minimum atomic E-state index is -0.158. The Balaban J connectivity index is 1.89. The third kappa shape index (κ3) is 4.37. The van der Waals surface area contributed by atoms with Gasteiger partial charge in [0.05, 0.1) is 24.8 Å². The van der Waals surface area contributed by atoms with Gasteiger partial charge in [-0.1, -0.05) is 17.7 Å². The van der Waals surface area contributed by atoms with Crippen LogP contribution in [-0.2, 0) is 4.79 Å². The average Bonchev–Trinajstić information content (AvgIpc) is 2.91. The summed E-state index contributed by atoms with van der Waals surface area (Å²) in [5.41, 5.74) is 2.57. The molecule has 2 aromatic carbocycles. The van der Waals surface area contributed by atoms with E-state index in [-0.39, 0.29) is 5.91 Å². The number of halogens is 3. The molecule has 134 valence electrons. The zero-order valence-electron chi connectivity index (χ0n) is 13.8. The van der Waals surface area contributed by atoms with Crippen LogP contribution in [0.5, 0.6) is 5.75 Å². The summed E-state index contributed by atoms with van der Waals surface area (Å²) in [5.74, 6) is 0.685. The quantitative estimate of drug-likeness (QED) is 0.356. The minimum Gasteiger partial charge on any atom is -0.495 e. The lowest BCUT2D eigenvalue weighted by Gasteiger charge is -2.07. The highest BCUT2D eigenvalue weighted by Gasteiger charge is 2.24. The first-order valence-electron chi connectivity index (χ1n) is 7.46. The van der Waals surface area contributed by atoms with Crippen LogP contribution in [0.15, 0.2) is 40.2 Å². The molecule has 26 heavy (non-hydrogen) atoms. The molecule has 1 aliphatic heterocycles. The summed E-state index contributed by atoms with van der Waals surface area (Å²) in [4.78, 5) is 17.4. The first kappa shape index (κ1) is 20.0. The van der Waals surface area contributed by atoms with Gasteiger partial charge in [-0.3, -0.25) is 4.79 Å². The highest BCUT2D eigenvalue weighted by molar-refractivity contribution is 14.1. The van der Waals surface area contributed by atoms with Crippen LogP contribution in [0.4, 0.5) is 5.69 Å². The maximum Gasteiger partial charge on any atom is 0.264 e. The number of ether oxygens (including phenoxy) is 1. The number of benzene rings is 2. The topological polar surface area (TPSA) is 50.7 Å². The molecule has 1 aliphatic rings. The number of aliphatic imine (C=N–C) groups is 1. The van der Waals surface area contributed by atoms with Gasteiger partial charge in [0.2, 0.25) is 0 Å². The van der Waals surface area contributed by atoms with Crippen molar-refractivity contribution >= 4 is 91.4 Å². The van der Waals surface area contributed by atoms with Crippen LogP contribution in [0, 0.1) is 14.1 Å². The lowest BCUT2D eigenvalue weighted by Crippen LogP contribution is -2.19. The van der Waals surface area contributed by atoms with Gasteiger partial charge in [0.1, 0.15) is 5.75 Å². The Hall–Kier alpha value is -0.780. The van der Waals surface area contributed by atoms with Crippen LogP contribution in [0.2, 0.25) is 5.02 Å². The Morgan fingerprint density at radius 1 is 1.27 bits per heavy atom. The highest BCUT2D eigenvalue weighted by Crippen LogP contribution is 2.33. The standard InChI is InChI=1S/C18H13ClI2N2O2S/c1-9-11(19)4-3-5-14(9)22-18-23-17(24)15(26-18)8-10-6-12(20)16(25-2)13(21)7-10/h3-8H,1-2H3,(H,22,23,24)/b15-8-. The molecule has 1 saturated heterocycles. The first-order valence-corrected chi connectivity index (χ1v) is 10.8. The molecule has 3 rings (SSSR count). The van der Waals surface area contributed by atoms with Crippen molar-refractivity contribution in [3.05, 3.63) is 58.5 Å². The molecule has 0 aliphatic carbocycles. The monoisotopic (exact) mass is 610 g/mol. The smallest absolute Gasteiger partial charge is 0.264 e. The Labute approximate surface area is 188 Å². The lowest BCUT2D eigenvalue weighted by atomic mass is 10.2. The molecule has 1 N–H and O–H groups in total. The Morgan fingerprint density at radius 2 is 1.96 bits per heavy atom. The van der Waals surface area contributed by atoms with Crippen molar-refractivity contribution in [2.45, 2.75) is 6.92 Å². The van der Waals surface area contributed by atoms with E-state index in [0.29, 0.717) is 15.1 Å². The van der Waals surface area contributed by atoms with Gasteiger partial charge in [-0.05, 0) is 105 Å². The molecule has 1 heterocycles. The number of hydrogen-bond donors (Lipinski definition) is 1. The molecule has 0 aromatic heterocycles. The van der Waals surface area contributed by atoms with Gasteiger partial charge in [0, 0.05) is 5.02 Å². The van der Waals surface area contributed by atoms with Gasteiger partial charge in [-0.2, -0.15) is 0 Å². The Morgan fingerprint density at radius 3 is 2.62 bits per heavy atom. The van der Waals surface area contributed by atoms with E-state index < -0.39 is 0 Å². The van der Waals surface area contributed by atoms with Crippen molar-refractivity contribution in [2.24, 2.45) is 4.99 Å². The summed E-state index contributed by atoms with van der Waals surface area (Å²) < 4.78 is 7.37.